The molecule has 0 spiro atoms. The van der Waals surface area contributed by atoms with Gasteiger partial charge in [-0.05, 0) is 43.2 Å². The Labute approximate surface area is 107 Å². The SMILES string of the molecule is COC(OC)C(C)NC1CCCc2sccc21. The van der Waals surface area contributed by atoms with E-state index in [4.69, 9.17) is 9.47 Å². The number of methoxy groups -OCH3 is 2. The summed E-state index contributed by atoms with van der Waals surface area (Å²) < 4.78 is 10.6. The summed E-state index contributed by atoms with van der Waals surface area (Å²) in [5.41, 5.74) is 1.47. The molecule has 2 rings (SSSR count). The minimum absolute atomic E-state index is 0.181. The predicted molar refractivity (Wildman–Crippen MR) is 70.4 cm³/mol. The van der Waals surface area contributed by atoms with E-state index in [-0.39, 0.29) is 12.3 Å². The van der Waals surface area contributed by atoms with Crippen LogP contribution in [0.25, 0.3) is 0 Å². The summed E-state index contributed by atoms with van der Waals surface area (Å²) in [5, 5.41) is 5.81. The second kappa shape index (κ2) is 5.96. The number of hydrogen-bond acceptors (Lipinski definition) is 4. The molecular formula is C13H21NO2S. The third-order valence-electron chi connectivity index (χ3n) is 3.39. The molecule has 4 heteroatoms. The number of thiophene rings is 1. The Hall–Kier alpha value is -0.420. The molecule has 1 aliphatic carbocycles. The fraction of sp³-hybridized carbons (Fsp3) is 0.692. The highest BCUT2D eigenvalue weighted by Crippen LogP contribution is 2.33. The molecule has 1 heterocycles. The second-order valence-corrected chi connectivity index (χ2v) is 5.54. The maximum atomic E-state index is 5.29. The molecule has 2 unspecified atom stereocenters. The molecule has 0 amide bonds. The van der Waals surface area contributed by atoms with Crippen molar-refractivity contribution in [2.75, 3.05) is 14.2 Å². The van der Waals surface area contributed by atoms with E-state index in [1.807, 2.05) is 11.3 Å². The van der Waals surface area contributed by atoms with Crippen LogP contribution in [-0.4, -0.2) is 26.6 Å². The van der Waals surface area contributed by atoms with Crippen LogP contribution < -0.4 is 5.32 Å². The Kier molecular flexibility index (Phi) is 4.56. The lowest BCUT2D eigenvalue weighted by atomic mass is 9.93. The number of ether oxygens (including phenoxy) is 2. The third kappa shape index (κ3) is 2.88. The lowest BCUT2D eigenvalue weighted by molar-refractivity contribution is -0.121. The Balaban J connectivity index is 2.01. The van der Waals surface area contributed by atoms with Gasteiger partial charge in [0.1, 0.15) is 0 Å². The summed E-state index contributed by atoms with van der Waals surface area (Å²) in [6, 6.07) is 2.90. The molecule has 0 saturated heterocycles. The van der Waals surface area contributed by atoms with E-state index in [9.17, 15) is 0 Å². The molecule has 0 bridgehead atoms. The third-order valence-corrected chi connectivity index (χ3v) is 4.39. The van der Waals surface area contributed by atoms with Gasteiger partial charge in [0.05, 0.1) is 6.04 Å². The Bertz CT molecular complexity index is 349. The lowest BCUT2D eigenvalue weighted by Crippen LogP contribution is -2.42. The van der Waals surface area contributed by atoms with Gasteiger partial charge in [0.25, 0.3) is 0 Å². The van der Waals surface area contributed by atoms with Crippen molar-refractivity contribution in [3.63, 3.8) is 0 Å². The van der Waals surface area contributed by atoms with Gasteiger partial charge in [0.2, 0.25) is 0 Å². The minimum atomic E-state index is -0.181. The molecule has 0 aliphatic heterocycles. The summed E-state index contributed by atoms with van der Waals surface area (Å²) >= 11 is 1.87. The smallest absolute Gasteiger partial charge is 0.171 e. The summed E-state index contributed by atoms with van der Waals surface area (Å²) in [4.78, 5) is 1.53. The van der Waals surface area contributed by atoms with Crippen molar-refractivity contribution < 1.29 is 9.47 Å². The van der Waals surface area contributed by atoms with Crippen LogP contribution in [0.4, 0.5) is 0 Å². The molecule has 17 heavy (non-hydrogen) atoms. The highest BCUT2D eigenvalue weighted by atomic mass is 32.1. The van der Waals surface area contributed by atoms with E-state index in [0.29, 0.717) is 6.04 Å². The molecule has 0 radical (unpaired) electrons. The molecule has 1 aromatic rings. The van der Waals surface area contributed by atoms with E-state index in [1.165, 1.54) is 29.7 Å². The monoisotopic (exact) mass is 255 g/mol. The van der Waals surface area contributed by atoms with Crippen LogP contribution in [0, 0.1) is 0 Å². The first-order valence-electron chi connectivity index (χ1n) is 6.14. The van der Waals surface area contributed by atoms with Gasteiger partial charge in [-0.3, -0.25) is 0 Å². The van der Waals surface area contributed by atoms with E-state index in [1.54, 1.807) is 14.2 Å². The Morgan fingerprint density at radius 2 is 2.18 bits per heavy atom. The topological polar surface area (TPSA) is 30.5 Å². The van der Waals surface area contributed by atoms with Gasteiger partial charge in [0.15, 0.2) is 6.29 Å². The maximum absolute atomic E-state index is 5.29. The van der Waals surface area contributed by atoms with Crippen molar-refractivity contribution in [1.82, 2.24) is 5.32 Å². The van der Waals surface area contributed by atoms with E-state index >= 15 is 0 Å². The summed E-state index contributed by atoms with van der Waals surface area (Å²) in [6.45, 7) is 2.11. The van der Waals surface area contributed by atoms with Crippen molar-refractivity contribution in [2.45, 2.75) is 44.6 Å². The zero-order valence-corrected chi connectivity index (χ0v) is 11.5. The number of hydrogen-bond donors (Lipinski definition) is 1. The first-order valence-corrected chi connectivity index (χ1v) is 7.02. The Morgan fingerprint density at radius 3 is 2.88 bits per heavy atom. The average molecular weight is 255 g/mol. The summed E-state index contributed by atoms with van der Waals surface area (Å²) in [5.74, 6) is 0. The van der Waals surface area contributed by atoms with Gasteiger partial charge in [-0.15, -0.1) is 11.3 Å². The van der Waals surface area contributed by atoms with Crippen molar-refractivity contribution in [3.05, 3.63) is 21.9 Å². The van der Waals surface area contributed by atoms with Crippen molar-refractivity contribution in [3.8, 4) is 0 Å². The number of nitrogens with one attached hydrogen (secondary N) is 1. The summed E-state index contributed by atoms with van der Waals surface area (Å²) in [7, 11) is 3.37. The van der Waals surface area contributed by atoms with Gasteiger partial charge >= 0.3 is 0 Å². The molecule has 1 aromatic heterocycles. The molecule has 1 aliphatic rings. The Morgan fingerprint density at radius 1 is 1.41 bits per heavy atom. The van der Waals surface area contributed by atoms with Crippen molar-refractivity contribution in [2.24, 2.45) is 0 Å². The zero-order chi connectivity index (χ0) is 12.3. The van der Waals surface area contributed by atoms with Crippen LogP contribution in [0.3, 0.4) is 0 Å². The molecule has 2 atom stereocenters. The zero-order valence-electron chi connectivity index (χ0n) is 10.7. The van der Waals surface area contributed by atoms with Gasteiger partial charge in [-0.25, -0.2) is 0 Å². The van der Waals surface area contributed by atoms with Crippen LogP contribution in [0.15, 0.2) is 11.4 Å². The largest absolute Gasteiger partial charge is 0.354 e. The second-order valence-electron chi connectivity index (χ2n) is 4.54. The normalized spacial score (nSPS) is 21.5. The lowest BCUT2D eigenvalue weighted by Gasteiger charge is -2.30. The van der Waals surface area contributed by atoms with Crippen LogP contribution in [-0.2, 0) is 15.9 Å². The maximum Gasteiger partial charge on any atom is 0.171 e. The van der Waals surface area contributed by atoms with Gasteiger partial charge in [0, 0.05) is 25.1 Å². The van der Waals surface area contributed by atoms with E-state index in [0.717, 1.165) is 0 Å². The summed E-state index contributed by atoms with van der Waals surface area (Å²) in [6.07, 6.45) is 3.52. The molecule has 0 fully saturated rings. The highest BCUT2D eigenvalue weighted by Gasteiger charge is 2.25. The van der Waals surface area contributed by atoms with Gasteiger partial charge < -0.3 is 14.8 Å². The van der Waals surface area contributed by atoms with Gasteiger partial charge in [-0.2, -0.15) is 0 Å². The number of fused-ring (bicyclic) bond motifs is 1. The number of rotatable bonds is 5. The standard InChI is InChI=1S/C13H21NO2S/c1-9(13(15-2)16-3)14-11-5-4-6-12-10(11)7-8-17-12/h7-9,11,13-14H,4-6H2,1-3H3. The first kappa shape index (κ1) is 13.0. The average Bonchev–Trinajstić information content (AvgIpc) is 2.80. The van der Waals surface area contributed by atoms with Crippen LogP contribution in [0.1, 0.15) is 36.2 Å². The number of aryl methyl sites for hydroxylation is 1. The van der Waals surface area contributed by atoms with Crippen LogP contribution in [0.5, 0.6) is 0 Å². The molecule has 0 aromatic carbocycles. The molecule has 96 valence electrons. The molecule has 1 N–H and O–H groups in total. The fourth-order valence-corrected chi connectivity index (χ4v) is 3.55. The fourth-order valence-electron chi connectivity index (χ4n) is 2.56. The molecular weight excluding hydrogens is 234 g/mol. The van der Waals surface area contributed by atoms with E-state index in [2.05, 4.69) is 23.7 Å². The van der Waals surface area contributed by atoms with E-state index < -0.39 is 0 Å². The molecule has 3 nitrogen and oxygen atoms in total. The van der Waals surface area contributed by atoms with Crippen LogP contribution in [0.2, 0.25) is 0 Å². The van der Waals surface area contributed by atoms with Crippen LogP contribution >= 0.6 is 11.3 Å². The predicted octanol–water partition coefficient (Wildman–Crippen LogP) is 2.72. The quantitative estimate of drug-likeness (QED) is 0.821. The van der Waals surface area contributed by atoms with Crippen molar-refractivity contribution >= 4 is 11.3 Å². The van der Waals surface area contributed by atoms with Crippen molar-refractivity contribution in [1.29, 1.82) is 0 Å². The highest BCUT2D eigenvalue weighted by molar-refractivity contribution is 7.10. The first-order chi connectivity index (χ1) is 8.26. The molecule has 0 saturated carbocycles. The minimum Gasteiger partial charge on any atom is -0.354 e. The van der Waals surface area contributed by atoms with Gasteiger partial charge in [-0.1, -0.05) is 0 Å².